The number of unbranched alkanes of at least 4 members (excludes halogenated alkanes) is 1. The van der Waals surface area contributed by atoms with Gasteiger partial charge < -0.3 is 60.8 Å². The number of primary amides is 1. The first-order valence-corrected chi connectivity index (χ1v) is 28.4. The van der Waals surface area contributed by atoms with Crippen LogP contribution in [0.25, 0.3) is 0 Å². The Labute approximate surface area is 496 Å². The van der Waals surface area contributed by atoms with Crippen molar-refractivity contribution >= 4 is 99.9 Å². The lowest BCUT2D eigenvalue weighted by atomic mass is 9.83. The number of amides is 10. The van der Waals surface area contributed by atoms with Gasteiger partial charge in [-0.05, 0) is 99.1 Å². The fraction of sp³-hybridized carbons (Fsp3) is 0.544. The number of allylic oxidation sites excluding steroid dienone is 3. The van der Waals surface area contributed by atoms with E-state index < -0.39 is 113 Å². The molecule has 4 bridgehead atoms. The standard InChI is InChI=1S/C57H75Cl2N9O16/c1-30(2)50(65-44(69)16-9-10-17-48(73)84-68-45(70)20-21-46(68)71)52(75)63-38(14-12-22-61-53(60)76)51(74)62-34-18-19-37(36(58)26-34)64-54(77)83-43-27-47(72)67(6)39-24-33(25-40(80-7)49(39)59)23-31(3)13-11-15-42(81-8)57(79)29-41(82-55(78)66-57)32(4)35-28-56(35,43)5/h11,13,15,18-19,24-26,30,32,35,38,41-43,50,79H,9-10,12,14,16-17,20-23,27-29H2,1-8H3,(H,62,74)(H,63,75)(H,64,77)(H,65,69)(H,66,78)(H3,60,61,76)/b15-11+,31-13+/t32-,35-,38-,41-,42+,43-,50-,56+,57-/m0/s1. The first-order chi connectivity index (χ1) is 39.7. The zero-order valence-electron chi connectivity index (χ0n) is 48.2. The molecule has 458 valence electrons. The SMILES string of the molecule is COc1cc2cc(c1Cl)N(C)C(=O)C[C@H](OC(=O)Nc1ccc(NC(=O)[C@H](CCCNC(N)=O)NC(=O)[C@@H](NC(=O)CCCCC(=O)ON3C(=O)CCC3=O)C(C)C)cc1Cl)[C@]1(C)C[C@H]1[C@H](C)[C@@H]1C[C@@](O)(NC(=O)O1)[C@H](OC)/C=C/C=C(\C)C2. The van der Waals surface area contributed by atoms with Gasteiger partial charge in [0.05, 0.1) is 29.9 Å². The van der Waals surface area contributed by atoms with Crippen molar-refractivity contribution in [1.29, 1.82) is 0 Å². The van der Waals surface area contributed by atoms with Gasteiger partial charge in [0.2, 0.25) is 23.6 Å². The molecule has 3 aliphatic heterocycles. The van der Waals surface area contributed by atoms with Gasteiger partial charge in [-0.15, -0.1) is 5.06 Å². The molecule has 3 heterocycles. The number of methoxy groups -OCH3 is 2. The van der Waals surface area contributed by atoms with E-state index in [4.69, 9.17) is 52.7 Å². The van der Waals surface area contributed by atoms with Crippen LogP contribution in [0.1, 0.15) is 111 Å². The molecule has 4 aliphatic rings. The van der Waals surface area contributed by atoms with Crippen molar-refractivity contribution in [2.45, 2.75) is 148 Å². The number of rotatable bonds is 20. The molecule has 25 nitrogen and oxygen atoms in total. The summed E-state index contributed by atoms with van der Waals surface area (Å²) in [7, 11) is 4.43. The monoisotopic (exact) mass is 1210 g/mol. The number of alkyl carbamates (subject to hydrolysis) is 1. The normalized spacial score (nSPS) is 25.1. The van der Waals surface area contributed by atoms with Crippen LogP contribution in [0, 0.1) is 23.2 Å². The molecular formula is C57H75Cl2N9O16. The third-order valence-corrected chi connectivity index (χ3v) is 16.2. The Morgan fingerprint density at radius 3 is 2.29 bits per heavy atom. The Morgan fingerprint density at radius 2 is 1.63 bits per heavy atom. The Bertz CT molecular complexity index is 2910. The van der Waals surface area contributed by atoms with E-state index in [9.17, 15) is 53.1 Å². The highest BCUT2D eigenvalue weighted by atomic mass is 35.5. The fourth-order valence-corrected chi connectivity index (χ4v) is 11.1. The Hall–Kier alpha value is -7.48. The molecule has 84 heavy (non-hydrogen) atoms. The predicted octanol–water partition coefficient (Wildman–Crippen LogP) is 6.08. The lowest BCUT2D eigenvalue weighted by Gasteiger charge is -2.42. The van der Waals surface area contributed by atoms with E-state index in [1.54, 1.807) is 45.2 Å². The van der Waals surface area contributed by atoms with Crippen LogP contribution in [-0.2, 0) is 59.0 Å². The van der Waals surface area contributed by atoms with Crippen LogP contribution in [0.4, 0.5) is 31.4 Å². The molecule has 2 saturated heterocycles. The van der Waals surface area contributed by atoms with Gasteiger partial charge in [0.1, 0.15) is 41.2 Å². The average Bonchev–Trinajstić information content (AvgIpc) is 1.70. The van der Waals surface area contributed by atoms with E-state index in [0.29, 0.717) is 29.3 Å². The van der Waals surface area contributed by atoms with E-state index in [2.05, 4.69) is 31.9 Å². The molecule has 2 aromatic carbocycles. The molecule has 0 radical (unpaired) electrons. The molecule has 2 aromatic rings. The van der Waals surface area contributed by atoms with Gasteiger partial charge >= 0.3 is 24.2 Å². The molecule has 9 N–H and O–H groups in total. The number of halogens is 2. The number of ether oxygens (including phenoxy) is 4. The van der Waals surface area contributed by atoms with Crippen molar-refractivity contribution in [2.24, 2.45) is 28.9 Å². The quantitative estimate of drug-likeness (QED) is 0.0550. The first-order valence-electron chi connectivity index (χ1n) is 27.6. The Kier molecular flexibility index (Phi) is 22.6. The van der Waals surface area contributed by atoms with E-state index in [0.717, 1.165) is 11.1 Å². The zero-order valence-corrected chi connectivity index (χ0v) is 49.7. The molecule has 6 rings (SSSR count). The second-order valence-electron chi connectivity index (χ2n) is 22.1. The summed E-state index contributed by atoms with van der Waals surface area (Å²) in [5, 5.41) is 28.2. The molecule has 9 atom stereocenters. The van der Waals surface area contributed by atoms with Crippen molar-refractivity contribution in [3.63, 3.8) is 0 Å². The third-order valence-electron chi connectivity index (χ3n) is 15.5. The Balaban J connectivity index is 1.15. The second kappa shape index (κ2) is 28.9. The average molecular weight is 1210 g/mol. The number of benzene rings is 2. The molecule has 27 heteroatoms. The number of carbonyl (C=O) groups is 10. The van der Waals surface area contributed by atoms with Crippen LogP contribution >= 0.6 is 23.2 Å². The van der Waals surface area contributed by atoms with Crippen LogP contribution < -0.4 is 47.3 Å². The topological polar surface area (TPSA) is 342 Å². The van der Waals surface area contributed by atoms with Crippen LogP contribution in [0.2, 0.25) is 10.0 Å². The smallest absolute Gasteiger partial charge is 0.411 e. The maximum absolute atomic E-state index is 14.5. The number of fused-ring (bicyclic) bond motifs is 5. The summed E-state index contributed by atoms with van der Waals surface area (Å²) in [6.07, 6.45) is 1.12. The maximum Gasteiger partial charge on any atom is 0.411 e. The minimum absolute atomic E-state index is 0.000577. The fourth-order valence-electron chi connectivity index (χ4n) is 10.5. The van der Waals surface area contributed by atoms with E-state index in [1.807, 2.05) is 26.8 Å². The van der Waals surface area contributed by atoms with Crippen molar-refractivity contribution < 1.29 is 76.8 Å². The van der Waals surface area contributed by atoms with Crippen LogP contribution in [-0.4, -0.2) is 134 Å². The number of anilines is 3. The summed E-state index contributed by atoms with van der Waals surface area (Å²) in [5.41, 5.74) is 4.69. The Morgan fingerprint density at radius 1 is 0.929 bits per heavy atom. The lowest BCUT2D eigenvalue weighted by molar-refractivity contribution is -0.197. The van der Waals surface area contributed by atoms with Gasteiger partial charge in [0.15, 0.2) is 5.72 Å². The number of nitrogens with two attached hydrogens (primary N) is 1. The number of nitrogens with one attached hydrogen (secondary N) is 6. The highest BCUT2D eigenvalue weighted by Crippen LogP contribution is 2.61. The summed E-state index contributed by atoms with van der Waals surface area (Å²) in [4.78, 5) is 136. The highest BCUT2D eigenvalue weighted by Gasteiger charge is 2.62. The summed E-state index contributed by atoms with van der Waals surface area (Å²) < 4.78 is 23.3. The molecule has 10 amide bonds. The first kappa shape index (κ1) is 65.7. The third kappa shape index (κ3) is 17.1. The van der Waals surface area contributed by atoms with Crippen molar-refractivity contribution in [2.75, 3.05) is 43.3 Å². The van der Waals surface area contributed by atoms with E-state index in [-0.39, 0.29) is 98.1 Å². The van der Waals surface area contributed by atoms with E-state index in [1.165, 1.54) is 37.3 Å². The number of hydrogen-bond acceptors (Lipinski definition) is 16. The van der Waals surface area contributed by atoms with Gasteiger partial charge in [-0.3, -0.25) is 39.4 Å². The van der Waals surface area contributed by atoms with Crippen molar-refractivity contribution in [1.82, 2.24) is 26.3 Å². The lowest BCUT2D eigenvalue weighted by Crippen LogP contribution is -2.63. The largest absolute Gasteiger partial charge is 0.495 e. The molecule has 0 aromatic heterocycles. The van der Waals surface area contributed by atoms with Gasteiger partial charge in [-0.25, -0.2) is 19.2 Å². The number of nitrogens with zero attached hydrogens (tertiary/aromatic N) is 2. The van der Waals surface area contributed by atoms with Gasteiger partial charge in [-0.2, -0.15) is 0 Å². The molecular weight excluding hydrogens is 1140 g/mol. The highest BCUT2D eigenvalue weighted by molar-refractivity contribution is 6.35. The van der Waals surface area contributed by atoms with Gasteiger partial charge in [0.25, 0.3) is 11.8 Å². The van der Waals surface area contributed by atoms with Crippen LogP contribution in [0.15, 0.2) is 54.1 Å². The van der Waals surface area contributed by atoms with Crippen molar-refractivity contribution in [3.05, 3.63) is 69.7 Å². The summed E-state index contributed by atoms with van der Waals surface area (Å²) >= 11 is 13.6. The minimum atomic E-state index is -1.86. The second-order valence-corrected chi connectivity index (χ2v) is 22.9. The van der Waals surface area contributed by atoms with Crippen LogP contribution in [0.5, 0.6) is 5.75 Å². The minimum Gasteiger partial charge on any atom is -0.495 e. The summed E-state index contributed by atoms with van der Waals surface area (Å²) in [5.74, 6) is -5.28. The molecule has 0 spiro atoms. The number of hydrogen-bond donors (Lipinski definition) is 8. The number of urea groups is 1. The van der Waals surface area contributed by atoms with E-state index >= 15 is 0 Å². The number of aliphatic hydroxyl groups is 1. The molecule has 0 unspecified atom stereocenters. The molecule has 1 aliphatic carbocycles. The zero-order chi connectivity index (χ0) is 61.8. The summed E-state index contributed by atoms with van der Waals surface area (Å²) in [6, 6.07) is 4.57. The number of carbonyl (C=O) groups excluding carboxylic acids is 10. The van der Waals surface area contributed by atoms with Crippen LogP contribution in [0.3, 0.4) is 0 Å². The summed E-state index contributed by atoms with van der Waals surface area (Å²) in [6.45, 7) is 9.05. The number of hydroxylamine groups is 2. The molecule has 1 saturated carbocycles. The van der Waals surface area contributed by atoms with Gasteiger partial charge in [0, 0.05) is 63.9 Å². The molecule has 3 fully saturated rings. The predicted molar refractivity (Wildman–Crippen MR) is 307 cm³/mol. The maximum atomic E-state index is 14.5. The van der Waals surface area contributed by atoms with Gasteiger partial charge in [-0.1, -0.05) is 74.7 Å². The van der Waals surface area contributed by atoms with Crippen molar-refractivity contribution in [3.8, 4) is 5.75 Å². The number of imide groups is 1.